The van der Waals surface area contributed by atoms with Crippen LogP contribution in [0.5, 0.6) is 0 Å². The molecular formula is C13H18N. The summed E-state index contributed by atoms with van der Waals surface area (Å²) in [6.45, 7) is 0. The summed E-state index contributed by atoms with van der Waals surface area (Å²) in [4.78, 5) is 0. The third-order valence-electron chi connectivity index (χ3n) is 3.84. The first kappa shape index (κ1) is 8.58. The van der Waals surface area contributed by atoms with Crippen LogP contribution in [0.4, 0.5) is 0 Å². The molecule has 0 spiro atoms. The van der Waals surface area contributed by atoms with Gasteiger partial charge in [0, 0.05) is 17.3 Å². The summed E-state index contributed by atoms with van der Waals surface area (Å²) in [5, 5.41) is 4.83. The Kier molecular flexibility index (Phi) is 2.11. The molecule has 0 aromatic carbocycles. The molecule has 0 aromatic rings. The summed E-state index contributed by atoms with van der Waals surface area (Å²) in [6, 6.07) is 0. The fourth-order valence-corrected chi connectivity index (χ4v) is 2.99. The van der Waals surface area contributed by atoms with Crippen molar-refractivity contribution < 1.29 is 0 Å². The van der Waals surface area contributed by atoms with E-state index in [1.165, 1.54) is 62.8 Å². The van der Waals surface area contributed by atoms with Gasteiger partial charge in [-0.2, -0.15) is 0 Å². The minimum Gasteiger partial charge on any atom is -0.257 e. The second-order valence-electron chi connectivity index (χ2n) is 4.84. The summed E-state index contributed by atoms with van der Waals surface area (Å²) < 4.78 is 0. The van der Waals surface area contributed by atoms with E-state index in [4.69, 9.17) is 5.32 Å². The van der Waals surface area contributed by atoms with Crippen molar-refractivity contribution >= 4 is 0 Å². The second kappa shape index (κ2) is 3.45. The molecule has 1 fully saturated rings. The first-order chi connectivity index (χ1) is 6.93. The maximum atomic E-state index is 4.83. The second-order valence-corrected chi connectivity index (χ2v) is 4.84. The van der Waals surface area contributed by atoms with Crippen molar-refractivity contribution in [1.29, 1.82) is 0 Å². The lowest BCUT2D eigenvalue weighted by Crippen LogP contribution is -2.09. The van der Waals surface area contributed by atoms with E-state index in [9.17, 15) is 0 Å². The monoisotopic (exact) mass is 188 g/mol. The van der Waals surface area contributed by atoms with E-state index < -0.39 is 0 Å². The third-order valence-corrected chi connectivity index (χ3v) is 3.84. The van der Waals surface area contributed by atoms with Crippen molar-refractivity contribution in [3.63, 3.8) is 0 Å². The maximum absolute atomic E-state index is 4.83. The Morgan fingerprint density at radius 1 is 1.00 bits per heavy atom. The summed E-state index contributed by atoms with van der Waals surface area (Å²) >= 11 is 0. The van der Waals surface area contributed by atoms with E-state index in [1.807, 2.05) is 0 Å². The van der Waals surface area contributed by atoms with Crippen molar-refractivity contribution in [2.24, 2.45) is 5.92 Å². The highest BCUT2D eigenvalue weighted by atomic mass is 14.9. The van der Waals surface area contributed by atoms with E-state index in [1.54, 1.807) is 5.57 Å². The van der Waals surface area contributed by atoms with Crippen LogP contribution in [0.15, 0.2) is 23.0 Å². The highest BCUT2D eigenvalue weighted by Gasteiger charge is 2.27. The Balaban J connectivity index is 1.74. The highest BCUT2D eigenvalue weighted by molar-refractivity contribution is 5.38. The van der Waals surface area contributed by atoms with Crippen molar-refractivity contribution in [2.75, 3.05) is 0 Å². The minimum absolute atomic E-state index is 0.806. The number of allylic oxidation sites excluding steroid dienone is 4. The molecule has 0 bridgehead atoms. The molecule has 1 heteroatoms. The molecule has 1 nitrogen and oxygen atoms in total. The van der Waals surface area contributed by atoms with Gasteiger partial charge in [0.2, 0.25) is 0 Å². The fourth-order valence-electron chi connectivity index (χ4n) is 2.99. The molecule has 1 aliphatic heterocycles. The van der Waals surface area contributed by atoms with E-state index >= 15 is 0 Å². The van der Waals surface area contributed by atoms with Crippen LogP contribution in [0.25, 0.3) is 0 Å². The zero-order valence-corrected chi connectivity index (χ0v) is 8.76. The molecule has 3 aliphatic rings. The van der Waals surface area contributed by atoms with Gasteiger partial charge in [0.1, 0.15) is 0 Å². The topological polar surface area (TPSA) is 14.1 Å². The van der Waals surface area contributed by atoms with Crippen molar-refractivity contribution in [3.05, 3.63) is 23.0 Å². The third kappa shape index (κ3) is 1.39. The summed E-state index contributed by atoms with van der Waals surface area (Å²) in [5.41, 5.74) is 4.42. The molecule has 1 radical (unpaired) electrons. The number of rotatable bonds is 1. The molecule has 0 unspecified atom stereocenters. The molecule has 1 heterocycles. The lowest BCUT2D eigenvalue weighted by molar-refractivity contribution is 0.588. The Morgan fingerprint density at radius 2 is 1.79 bits per heavy atom. The summed E-state index contributed by atoms with van der Waals surface area (Å²) in [7, 11) is 0. The van der Waals surface area contributed by atoms with E-state index in [-0.39, 0.29) is 0 Å². The highest BCUT2D eigenvalue weighted by Crippen LogP contribution is 2.38. The minimum atomic E-state index is 0.806. The van der Waals surface area contributed by atoms with E-state index in [0.29, 0.717) is 0 Å². The first-order valence-corrected chi connectivity index (χ1v) is 6.09. The molecular weight excluding hydrogens is 170 g/mol. The molecule has 3 rings (SSSR count). The van der Waals surface area contributed by atoms with Gasteiger partial charge < -0.3 is 0 Å². The summed E-state index contributed by atoms with van der Waals surface area (Å²) in [5.74, 6) is 0.806. The average molecular weight is 188 g/mol. The Bertz CT molecular complexity index is 292. The van der Waals surface area contributed by atoms with Crippen LogP contribution < -0.4 is 5.32 Å². The average Bonchev–Trinajstić information content (AvgIpc) is 2.86. The fraction of sp³-hybridized carbons (Fsp3) is 0.692. The van der Waals surface area contributed by atoms with Crippen LogP contribution in [0.3, 0.4) is 0 Å². The van der Waals surface area contributed by atoms with E-state index in [2.05, 4.69) is 6.08 Å². The normalized spacial score (nSPS) is 27.6. The van der Waals surface area contributed by atoms with Crippen molar-refractivity contribution in [3.8, 4) is 0 Å². The number of nitrogens with zero attached hydrogens (tertiary/aromatic N) is 1. The zero-order chi connectivity index (χ0) is 9.38. The summed E-state index contributed by atoms with van der Waals surface area (Å²) in [6.07, 6.45) is 13.3. The van der Waals surface area contributed by atoms with Gasteiger partial charge in [-0.15, -0.1) is 0 Å². The van der Waals surface area contributed by atoms with Crippen molar-refractivity contribution in [2.45, 2.75) is 51.4 Å². The molecule has 0 amide bonds. The molecule has 0 N–H and O–H groups in total. The Labute approximate surface area is 86.3 Å². The SMILES string of the molecule is C1=C(C2CCCC2)[N]C2=C1CCCC2. The molecule has 14 heavy (non-hydrogen) atoms. The van der Waals surface area contributed by atoms with Crippen LogP contribution in [0.1, 0.15) is 51.4 Å². The van der Waals surface area contributed by atoms with Crippen LogP contribution in [0.2, 0.25) is 0 Å². The smallest absolute Gasteiger partial charge is 0.0441 e. The molecule has 0 atom stereocenters. The van der Waals surface area contributed by atoms with Gasteiger partial charge in [-0.05, 0) is 50.2 Å². The predicted octanol–water partition coefficient (Wildman–Crippen LogP) is 3.51. The first-order valence-electron chi connectivity index (χ1n) is 6.09. The van der Waals surface area contributed by atoms with Gasteiger partial charge in [0.05, 0.1) is 0 Å². The van der Waals surface area contributed by atoms with Gasteiger partial charge in [-0.3, -0.25) is 5.32 Å². The van der Waals surface area contributed by atoms with Gasteiger partial charge in [-0.1, -0.05) is 12.8 Å². The lowest BCUT2D eigenvalue weighted by Gasteiger charge is -2.13. The quantitative estimate of drug-likeness (QED) is 0.598. The van der Waals surface area contributed by atoms with Gasteiger partial charge in [0.15, 0.2) is 0 Å². The van der Waals surface area contributed by atoms with Crippen LogP contribution in [-0.2, 0) is 0 Å². The number of hydrogen-bond acceptors (Lipinski definition) is 0. The number of hydrogen-bond donors (Lipinski definition) is 0. The Morgan fingerprint density at radius 3 is 2.57 bits per heavy atom. The van der Waals surface area contributed by atoms with Crippen LogP contribution in [-0.4, -0.2) is 0 Å². The van der Waals surface area contributed by atoms with Gasteiger partial charge in [-0.25, -0.2) is 0 Å². The lowest BCUT2D eigenvalue weighted by atomic mass is 9.97. The standard InChI is InChI=1S/C13H18N/c1-2-6-10(5-1)13-9-11-7-3-4-8-12(11)14-13/h9-10H,1-8H2. The molecule has 1 saturated carbocycles. The largest absolute Gasteiger partial charge is 0.257 e. The van der Waals surface area contributed by atoms with Crippen LogP contribution >= 0.6 is 0 Å². The molecule has 0 aromatic heterocycles. The maximum Gasteiger partial charge on any atom is 0.0441 e. The van der Waals surface area contributed by atoms with Gasteiger partial charge >= 0.3 is 0 Å². The molecule has 0 saturated heterocycles. The van der Waals surface area contributed by atoms with E-state index in [0.717, 1.165) is 5.92 Å². The van der Waals surface area contributed by atoms with Crippen molar-refractivity contribution in [1.82, 2.24) is 5.32 Å². The van der Waals surface area contributed by atoms with Gasteiger partial charge in [0.25, 0.3) is 0 Å². The molecule has 2 aliphatic carbocycles. The predicted molar refractivity (Wildman–Crippen MR) is 57.7 cm³/mol. The zero-order valence-electron chi connectivity index (χ0n) is 8.76. The Hall–Kier alpha value is -0.720. The van der Waals surface area contributed by atoms with Crippen LogP contribution in [0, 0.1) is 5.92 Å². The molecule has 75 valence electrons.